The lowest BCUT2D eigenvalue weighted by atomic mass is 9.97. The van der Waals surface area contributed by atoms with E-state index in [1.165, 1.54) is 12.1 Å². The minimum absolute atomic E-state index is 0.0876. The fraction of sp³-hybridized carbons (Fsp3) is 0.438. The summed E-state index contributed by atoms with van der Waals surface area (Å²) in [6, 6.07) is 2.82. The number of imide groups is 1. The number of hydrogen-bond acceptors (Lipinski definition) is 5. The predicted octanol–water partition coefficient (Wildman–Crippen LogP) is 1.12. The van der Waals surface area contributed by atoms with E-state index >= 15 is 0 Å². The van der Waals surface area contributed by atoms with Crippen LogP contribution in [-0.2, 0) is 20.8 Å². The van der Waals surface area contributed by atoms with Gasteiger partial charge in [-0.1, -0.05) is 19.9 Å². The van der Waals surface area contributed by atoms with Crippen LogP contribution in [0.4, 0.5) is 0 Å². The van der Waals surface area contributed by atoms with Gasteiger partial charge in [-0.2, -0.15) is 0 Å². The second-order valence-electron chi connectivity index (χ2n) is 6.05. The van der Waals surface area contributed by atoms with Gasteiger partial charge in [0.05, 0.1) is 5.92 Å². The van der Waals surface area contributed by atoms with Gasteiger partial charge in [0.2, 0.25) is 11.8 Å². The fourth-order valence-electron chi connectivity index (χ4n) is 2.85. The molecule has 1 saturated heterocycles. The molecule has 1 fully saturated rings. The lowest BCUT2D eigenvalue weighted by Gasteiger charge is -2.26. The molecule has 1 aliphatic heterocycles. The third-order valence-corrected chi connectivity index (χ3v) is 3.97. The highest BCUT2D eigenvalue weighted by Crippen LogP contribution is 2.31. The van der Waals surface area contributed by atoms with Crippen LogP contribution >= 0.6 is 0 Å². The third kappa shape index (κ3) is 3.28. The zero-order valence-corrected chi connectivity index (χ0v) is 12.9. The minimum Gasteiger partial charge on any atom is -0.508 e. The Morgan fingerprint density at radius 1 is 1.30 bits per heavy atom. The van der Waals surface area contributed by atoms with Gasteiger partial charge in [-0.15, -0.1) is 0 Å². The number of likely N-dealkylation sites (tertiary alicyclic amines) is 1. The van der Waals surface area contributed by atoms with Crippen molar-refractivity contribution in [1.29, 1.82) is 0 Å². The monoisotopic (exact) mass is 321 g/mol. The highest BCUT2D eigenvalue weighted by Gasteiger charge is 2.45. The summed E-state index contributed by atoms with van der Waals surface area (Å²) in [4.78, 5) is 36.8. The second-order valence-corrected chi connectivity index (χ2v) is 6.05. The Morgan fingerprint density at radius 3 is 2.48 bits per heavy atom. The molecule has 2 atom stereocenters. The number of phenols is 2. The predicted molar refractivity (Wildman–Crippen MR) is 79.7 cm³/mol. The number of aliphatic carboxylic acids is 1. The quantitative estimate of drug-likeness (QED) is 0.700. The highest BCUT2D eigenvalue weighted by atomic mass is 16.4. The van der Waals surface area contributed by atoms with Crippen LogP contribution in [0, 0.1) is 11.8 Å². The van der Waals surface area contributed by atoms with Gasteiger partial charge in [0, 0.05) is 12.5 Å². The van der Waals surface area contributed by atoms with Gasteiger partial charge in [-0.3, -0.25) is 14.5 Å². The van der Waals surface area contributed by atoms with Crippen molar-refractivity contribution in [3.8, 4) is 11.5 Å². The number of nitrogens with zero attached hydrogens (tertiary/aromatic N) is 1. The first-order chi connectivity index (χ1) is 10.7. The Hall–Kier alpha value is -2.57. The molecule has 1 aromatic carbocycles. The first kappa shape index (κ1) is 16.8. The summed E-state index contributed by atoms with van der Waals surface area (Å²) in [5.41, 5.74) is 0.423. The molecule has 0 saturated carbocycles. The summed E-state index contributed by atoms with van der Waals surface area (Å²) in [7, 11) is 0. The summed E-state index contributed by atoms with van der Waals surface area (Å²) >= 11 is 0. The van der Waals surface area contributed by atoms with E-state index in [9.17, 15) is 29.7 Å². The Bertz CT molecular complexity index is 654. The Morgan fingerprint density at radius 2 is 1.96 bits per heavy atom. The smallest absolute Gasteiger partial charge is 0.327 e. The minimum atomic E-state index is -1.21. The second kappa shape index (κ2) is 6.28. The van der Waals surface area contributed by atoms with E-state index in [1.54, 1.807) is 13.8 Å². The first-order valence-corrected chi connectivity index (χ1v) is 7.32. The lowest BCUT2D eigenvalue weighted by molar-refractivity contribution is -0.156. The summed E-state index contributed by atoms with van der Waals surface area (Å²) in [5.74, 6) is -3.65. The molecule has 2 amide bonds. The molecule has 3 N–H and O–H groups in total. The number of aromatic hydroxyl groups is 2. The van der Waals surface area contributed by atoms with Crippen molar-refractivity contribution < 1.29 is 29.7 Å². The normalized spacial score (nSPS) is 19.4. The zero-order chi connectivity index (χ0) is 17.3. The fourth-order valence-corrected chi connectivity index (χ4v) is 2.85. The van der Waals surface area contributed by atoms with Gasteiger partial charge in [-0.25, -0.2) is 4.79 Å². The van der Waals surface area contributed by atoms with Crippen molar-refractivity contribution in [2.24, 2.45) is 11.8 Å². The van der Waals surface area contributed by atoms with Crippen molar-refractivity contribution in [2.45, 2.75) is 32.7 Å². The lowest BCUT2D eigenvalue weighted by Crippen LogP contribution is -2.48. The molecule has 2 rings (SSSR count). The van der Waals surface area contributed by atoms with Gasteiger partial charge in [0.1, 0.15) is 17.5 Å². The SMILES string of the molecule is CC(C)C(C(=O)O)N1C(=O)CC(Cc2ccc(O)cc2O)C1=O. The van der Waals surface area contributed by atoms with E-state index in [0.717, 1.165) is 11.0 Å². The van der Waals surface area contributed by atoms with Crippen LogP contribution in [0.1, 0.15) is 25.8 Å². The van der Waals surface area contributed by atoms with Crippen LogP contribution in [-0.4, -0.2) is 44.0 Å². The number of carboxylic acids is 1. The van der Waals surface area contributed by atoms with Crippen LogP contribution < -0.4 is 0 Å². The molecule has 7 nitrogen and oxygen atoms in total. The van der Waals surface area contributed by atoms with Crippen molar-refractivity contribution in [3.05, 3.63) is 23.8 Å². The molecular formula is C16H19NO6. The average molecular weight is 321 g/mol. The van der Waals surface area contributed by atoms with E-state index in [4.69, 9.17) is 0 Å². The molecule has 1 aromatic rings. The van der Waals surface area contributed by atoms with Gasteiger partial charge in [-0.05, 0) is 24.0 Å². The molecule has 1 aliphatic rings. The van der Waals surface area contributed by atoms with Gasteiger partial charge < -0.3 is 15.3 Å². The molecule has 23 heavy (non-hydrogen) atoms. The summed E-state index contributed by atoms with van der Waals surface area (Å²) in [6.45, 7) is 3.27. The molecule has 0 radical (unpaired) electrons. The number of carbonyl (C=O) groups excluding carboxylic acids is 2. The Kier molecular flexibility index (Phi) is 4.58. The van der Waals surface area contributed by atoms with Gasteiger partial charge >= 0.3 is 5.97 Å². The van der Waals surface area contributed by atoms with Crippen molar-refractivity contribution in [1.82, 2.24) is 4.90 Å². The molecule has 0 spiro atoms. The molecular weight excluding hydrogens is 302 g/mol. The average Bonchev–Trinajstić information content (AvgIpc) is 2.69. The molecule has 124 valence electrons. The standard InChI is InChI=1S/C16H19NO6/c1-8(2)14(16(22)23)17-13(20)6-10(15(17)21)5-9-3-4-11(18)7-12(9)19/h3-4,7-8,10,14,18-19H,5-6H2,1-2H3,(H,22,23). The van der Waals surface area contributed by atoms with Crippen molar-refractivity contribution in [3.63, 3.8) is 0 Å². The van der Waals surface area contributed by atoms with E-state index in [0.29, 0.717) is 5.56 Å². The van der Waals surface area contributed by atoms with E-state index in [1.807, 2.05) is 0 Å². The number of amides is 2. The third-order valence-electron chi connectivity index (χ3n) is 3.97. The molecule has 0 aliphatic carbocycles. The Balaban J connectivity index is 2.22. The van der Waals surface area contributed by atoms with Crippen LogP contribution in [0.25, 0.3) is 0 Å². The van der Waals surface area contributed by atoms with E-state index < -0.39 is 35.7 Å². The molecule has 1 heterocycles. The van der Waals surface area contributed by atoms with Crippen molar-refractivity contribution >= 4 is 17.8 Å². The molecule has 0 aromatic heterocycles. The van der Waals surface area contributed by atoms with E-state index in [2.05, 4.69) is 0 Å². The summed E-state index contributed by atoms with van der Waals surface area (Å²) in [6.07, 6.45) is 0.0211. The first-order valence-electron chi connectivity index (χ1n) is 7.32. The Labute approximate surface area is 133 Å². The van der Waals surface area contributed by atoms with Crippen molar-refractivity contribution in [2.75, 3.05) is 0 Å². The largest absolute Gasteiger partial charge is 0.508 e. The van der Waals surface area contributed by atoms with Gasteiger partial charge in [0.15, 0.2) is 0 Å². The van der Waals surface area contributed by atoms with E-state index in [-0.39, 0.29) is 24.3 Å². The number of rotatable bonds is 5. The topological polar surface area (TPSA) is 115 Å². The maximum atomic E-state index is 12.5. The van der Waals surface area contributed by atoms with Crippen LogP contribution in [0.3, 0.4) is 0 Å². The maximum Gasteiger partial charge on any atom is 0.327 e. The molecule has 2 unspecified atom stereocenters. The number of phenolic OH excluding ortho intramolecular Hbond substituents is 2. The number of carboxylic acid groups (broad SMARTS) is 1. The number of benzene rings is 1. The number of carbonyl (C=O) groups is 3. The number of hydrogen-bond donors (Lipinski definition) is 3. The van der Waals surface area contributed by atoms with Crippen LogP contribution in [0.2, 0.25) is 0 Å². The zero-order valence-electron chi connectivity index (χ0n) is 12.9. The maximum absolute atomic E-state index is 12.5. The van der Waals surface area contributed by atoms with Crippen LogP contribution in [0.5, 0.6) is 11.5 Å². The van der Waals surface area contributed by atoms with Gasteiger partial charge in [0.25, 0.3) is 0 Å². The highest BCUT2D eigenvalue weighted by molar-refractivity contribution is 6.06. The summed E-state index contributed by atoms with van der Waals surface area (Å²) in [5, 5.41) is 28.3. The molecule has 7 heteroatoms. The van der Waals surface area contributed by atoms with Crippen LogP contribution in [0.15, 0.2) is 18.2 Å². The molecule has 0 bridgehead atoms. The summed E-state index contributed by atoms with van der Waals surface area (Å²) < 4.78 is 0.